The van der Waals surface area contributed by atoms with Crippen molar-refractivity contribution in [2.45, 2.75) is 44.2 Å². The second kappa shape index (κ2) is 7.31. The van der Waals surface area contributed by atoms with Crippen molar-refractivity contribution in [2.75, 3.05) is 7.11 Å². The summed E-state index contributed by atoms with van der Waals surface area (Å²) in [6, 6.07) is 6.80. The Morgan fingerprint density at radius 2 is 2.04 bits per heavy atom. The molecule has 1 aliphatic heterocycles. The predicted molar refractivity (Wildman–Crippen MR) is 102 cm³/mol. The van der Waals surface area contributed by atoms with E-state index < -0.39 is 12.0 Å². The van der Waals surface area contributed by atoms with Gasteiger partial charge in [0, 0.05) is 11.4 Å². The minimum absolute atomic E-state index is 0.0174. The van der Waals surface area contributed by atoms with Crippen molar-refractivity contribution in [2.24, 2.45) is 5.92 Å². The second-order valence-corrected chi connectivity index (χ2v) is 8.01. The molecule has 1 saturated heterocycles. The maximum absolute atomic E-state index is 13.2. The molecule has 2 aliphatic rings. The molecule has 1 saturated carbocycles. The van der Waals surface area contributed by atoms with Crippen molar-refractivity contribution in [1.29, 1.82) is 0 Å². The lowest BCUT2D eigenvalue weighted by atomic mass is 9.84. The predicted octanol–water partition coefficient (Wildman–Crippen LogP) is 3.68. The van der Waals surface area contributed by atoms with Crippen LogP contribution in [0.25, 0.3) is 10.6 Å². The lowest BCUT2D eigenvalue weighted by molar-refractivity contribution is -0.141. The molecule has 1 aromatic carbocycles. The third-order valence-corrected chi connectivity index (χ3v) is 6.54. The third-order valence-electron chi connectivity index (χ3n) is 5.67. The number of hydrogen-bond donors (Lipinski definition) is 1. The summed E-state index contributed by atoms with van der Waals surface area (Å²) in [6.07, 6.45) is 4.59. The topological polar surface area (TPSA) is 79.7 Å². The van der Waals surface area contributed by atoms with Crippen LogP contribution < -0.4 is 4.74 Å². The number of aliphatic carboxylic acids is 1. The molecule has 1 aliphatic carbocycles. The van der Waals surface area contributed by atoms with Gasteiger partial charge in [-0.05, 0) is 37.3 Å². The zero-order chi connectivity index (χ0) is 19.0. The standard InChI is InChI=1S/C20H22N2O4S/c1-26-17-9-5-3-7-13(17)18-21-14(11-27-18)19(23)22-15-8-4-2-6-12(15)10-16(22)20(24)25/h3,5,7,9,11-12,15-16H,2,4,6,8,10H2,1H3,(H,24,25). The van der Waals surface area contributed by atoms with E-state index in [9.17, 15) is 14.7 Å². The Bertz CT molecular complexity index is 865. The maximum atomic E-state index is 13.2. The van der Waals surface area contributed by atoms with Crippen LogP contribution in [0.4, 0.5) is 0 Å². The van der Waals surface area contributed by atoms with Gasteiger partial charge in [-0.2, -0.15) is 0 Å². The van der Waals surface area contributed by atoms with Gasteiger partial charge in [-0.1, -0.05) is 25.0 Å². The third kappa shape index (κ3) is 3.20. The first-order valence-electron chi connectivity index (χ1n) is 9.24. The number of para-hydroxylation sites is 1. The van der Waals surface area contributed by atoms with Crippen LogP contribution in [0.15, 0.2) is 29.6 Å². The molecule has 0 radical (unpaired) electrons. The van der Waals surface area contributed by atoms with Crippen molar-refractivity contribution in [3.8, 4) is 16.3 Å². The molecule has 0 spiro atoms. The van der Waals surface area contributed by atoms with Gasteiger partial charge in [0.1, 0.15) is 22.5 Å². The summed E-state index contributed by atoms with van der Waals surface area (Å²) in [4.78, 5) is 31.1. The summed E-state index contributed by atoms with van der Waals surface area (Å²) in [5.41, 5.74) is 1.15. The molecule has 4 rings (SSSR count). The summed E-state index contributed by atoms with van der Waals surface area (Å²) < 4.78 is 5.38. The zero-order valence-corrected chi connectivity index (χ0v) is 15.9. The highest BCUT2D eigenvalue weighted by Crippen LogP contribution is 2.41. The second-order valence-electron chi connectivity index (χ2n) is 7.15. The van der Waals surface area contributed by atoms with Gasteiger partial charge < -0.3 is 14.7 Å². The highest BCUT2D eigenvalue weighted by atomic mass is 32.1. The van der Waals surface area contributed by atoms with Gasteiger partial charge in [-0.3, -0.25) is 4.79 Å². The quantitative estimate of drug-likeness (QED) is 0.867. The van der Waals surface area contributed by atoms with Crippen LogP contribution in [0.3, 0.4) is 0 Å². The smallest absolute Gasteiger partial charge is 0.326 e. The molecule has 27 heavy (non-hydrogen) atoms. The fraction of sp³-hybridized carbons (Fsp3) is 0.450. The Labute approximate surface area is 161 Å². The number of aromatic nitrogens is 1. The molecule has 1 N–H and O–H groups in total. The molecule has 142 valence electrons. The number of fused-ring (bicyclic) bond motifs is 1. The van der Waals surface area contributed by atoms with Crippen molar-refractivity contribution >= 4 is 23.2 Å². The van der Waals surface area contributed by atoms with E-state index in [0.29, 0.717) is 22.9 Å². The molecular weight excluding hydrogens is 364 g/mol. The lowest BCUT2D eigenvalue weighted by Gasteiger charge is -2.32. The fourth-order valence-electron chi connectivity index (χ4n) is 4.42. The van der Waals surface area contributed by atoms with Crippen LogP contribution >= 0.6 is 11.3 Å². The number of thiazole rings is 1. The normalized spacial score (nSPS) is 24.5. The largest absolute Gasteiger partial charge is 0.496 e. The van der Waals surface area contributed by atoms with Gasteiger partial charge >= 0.3 is 5.97 Å². The fourth-order valence-corrected chi connectivity index (χ4v) is 5.25. The molecule has 6 nitrogen and oxygen atoms in total. The summed E-state index contributed by atoms with van der Waals surface area (Å²) >= 11 is 1.37. The summed E-state index contributed by atoms with van der Waals surface area (Å²) in [6.45, 7) is 0. The Kier molecular flexibility index (Phi) is 4.86. The molecule has 7 heteroatoms. The number of methoxy groups -OCH3 is 1. The summed E-state index contributed by atoms with van der Waals surface area (Å²) in [5.74, 6) is -0.203. The molecule has 2 fully saturated rings. The molecule has 1 amide bonds. The average molecular weight is 386 g/mol. The van der Waals surface area contributed by atoms with Crippen LogP contribution in [0.5, 0.6) is 5.75 Å². The van der Waals surface area contributed by atoms with Gasteiger partial charge in [0.25, 0.3) is 5.91 Å². The van der Waals surface area contributed by atoms with Crippen LogP contribution in [-0.2, 0) is 4.79 Å². The van der Waals surface area contributed by atoms with E-state index in [-0.39, 0.29) is 17.9 Å². The SMILES string of the molecule is COc1ccccc1-c1nc(C(=O)N2C(C(=O)O)CC3CCCCC32)cs1. The van der Waals surface area contributed by atoms with Gasteiger partial charge in [-0.15, -0.1) is 11.3 Å². The van der Waals surface area contributed by atoms with Gasteiger partial charge in [-0.25, -0.2) is 9.78 Å². The number of nitrogens with zero attached hydrogens (tertiary/aromatic N) is 2. The van der Waals surface area contributed by atoms with E-state index >= 15 is 0 Å². The Balaban J connectivity index is 1.64. The Hall–Kier alpha value is -2.41. The van der Waals surface area contributed by atoms with Gasteiger partial charge in [0.05, 0.1) is 12.7 Å². The van der Waals surface area contributed by atoms with E-state index in [4.69, 9.17) is 4.74 Å². The number of benzene rings is 1. The lowest BCUT2D eigenvalue weighted by Crippen LogP contribution is -2.46. The zero-order valence-electron chi connectivity index (χ0n) is 15.1. The first-order valence-corrected chi connectivity index (χ1v) is 10.1. The number of carbonyl (C=O) groups excluding carboxylic acids is 1. The van der Waals surface area contributed by atoms with Crippen LogP contribution in [0.2, 0.25) is 0 Å². The summed E-state index contributed by atoms with van der Waals surface area (Å²) in [7, 11) is 1.60. The maximum Gasteiger partial charge on any atom is 0.326 e. The Morgan fingerprint density at radius 1 is 1.26 bits per heavy atom. The van der Waals surface area contributed by atoms with Crippen LogP contribution in [-0.4, -0.2) is 46.1 Å². The number of hydrogen-bond acceptors (Lipinski definition) is 5. The number of rotatable bonds is 4. The minimum atomic E-state index is -0.919. The first-order chi connectivity index (χ1) is 13.1. The van der Waals surface area contributed by atoms with Crippen molar-refractivity contribution in [3.63, 3.8) is 0 Å². The number of carboxylic acid groups (broad SMARTS) is 1. The van der Waals surface area contributed by atoms with E-state index in [1.807, 2.05) is 24.3 Å². The highest BCUT2D eigenvalue weighted by molar-refractivity contribution is 7.13. The molecule has 0 bridgehead atoms. The van der Waals surface area contributed by atoms with Gasteiger partial charge in [0.2, 0.25) is 0 Å². The van der Waals surface area contributed by atoms with E-state index in [1.54, 1.807) is 17.4 Å². The average Bonchev–Trinajstić information content (AvgIpc) is 3.32. The molecule has 3 atom stereocenters. The van der Waals surface area contributed by atoms with Gasteiger partial charge in [0.15, 0.2) is 0 Å². The Morgan fingerprint density at radius 3 is 2.81 bits per heavy atom. The number of likely N-dealkylation sites (tertiary alicyclic amines) is 1. The minimum Gasteiger partial charge on any atom is -0.496 e. The molecule has 3 unspecified atom stereocenters. The monoisotopic (exact) mass is 386 g/mol. The first kappa shape index (κ1) is 18.0. The highest BCUT2D eigenvalue weighted by Gasteiger charge is 2.48. The molecule has 2 heterocycles. The van der Waals surface area contributed by atoms with Crippen molar-refractivity contribution in [1.82, 2.24) is 9.88 Å². The molecule has 1 aromatic heterocycles. The number of amides is 1. The van der Waals surface area contributed by atoms with Crippen molar-refractivity contribution in [3.05, 3.63) is 35.3 Å². The van der Waals surface area contributed by atoms with Crippen molar-refractivity contribution < 1.29 is 19.4 Å². The summed E-state index contributed by atoms with van der Waals surface area (Å²) in [5, 5.41) is 12.1. The van der Waals surface area contributed by atoms with E-state index in [1.165, 1.54) is 11.3 Å². The van der Waals surface area contributed by atoms with Crippen LogP contribution in [0.1, 0.15) is 42.6 Å². The number of carboxylic acids is 1. The number of carbonyl (C=O) groups is 2. The number of ether oxygens (including phenoxy) is 1. The van der Waals surface area contributed by atoms with E-state index in [0.717, 1.165) is 31.2 Å². The van der Waals surface area contributed by atoms with Crippen LogP contribution in [0, 0.1) is 5.92 Å². The molecule has 2 aromatic rings. The molecular formula is C20H22N2O4S. The van der Waals surface area contributed by atoms with E-state index in [2.05, 4.69) is 4.98 Å².